The maximum absolute atomic E-state index is 10.3. The Morgan fingerprint density at radius 2 is 1.50 bits per heavy atom. The Hall–Kier alpha value is -0.740. The molecule has 0 heterocycles. The van der Waals surface area contributed by atoms with Gasteiger partial charge in [-0.1, -0.05) is 0 Å². The third-order valence-electron chi connectivity index (χ3n) is 2.82. The van der Waals surface area contributed by atoms with Gasteiger partial charge in [-0.25, -0.2) is 0 Å². The van der Waals surface area contributed by atoms with E-state index in [0.29, 0.717) is 26.1 Å². The quantitative estimate of drug-likeness (QED) is 0.351. The molecule has 106 valence electrons. The molecule has 0 radical (unpaired) electrons. The van der Waals surface area contributed by atoms with Gasteiger partial charge in [-0.15, -0.1) is 0 Å². The lowest BCUT2D eigenvalue weighted by Crippen LogP contribution is -2.31. The van der Waals surface area contributed by atoms with Crippen molar-refractivity contribution in [2.75, 3.05) is 13.2 Å². The van der Waals surface area contributed by atoms with Gasteiger partial charge in [0.1, 0.15) is 6.29 Å². The minimum Gasteiger partial charge on any atom is -0.375 e. The molecule has 0 aliphatic carbocycles. The molecule has 0 aromatic carbocycles. The highest BCUT2D eigenvalue weighted by Gasteiger charge is 2.22. The van der Waals surface area contributed by atoms with Crippen molar-refractivity contribution in [2.24, 2.45) is 0 Å². The molecule has 0 aromatic rings. The summed E-state index contributed by atoms with van der Waals surface area (Å²) in [6.45, 7) is 9.24. The van der Waals surface area contributed by atoms with E-state index in [-0.39, 0.29) is 11.2 Å². The molecule has 0 aliphatic heterocycles. The molecule has 0 saturated carbocycles. The van der Waals surface area contributed by atoms with Gasteiger partial charge in [0.15, 0.2) is 0 Å². The predicted octanol–water partition coefficient (Wildman–Crippen LogP) is 2.99. The normalized spacial score (nSPS) is 12.4. The van der Waals surface area contributed by atoms with Crippen LogP contribution >= 0.6 is 0 Å². The van der Waals surface area contributed by atoms with Crippen molar-refractivity contribution in [3.8, 4) is 0 Å². The number of carbonyl (C=O) groups excluding carboxylic acids is 1. The van der Waals surface area contributed by atoms with Crippen molar-refractivity contribution in [2.45, 2.75) is 64.6 Å². The molecule has 0 fully saturated rings. The van der Waals surface area contributed by atoms with Crippen LogP contribution in [0.15, 0.2) is 0 Å². The summed E-state index contributed by atoms with van der Waals surface area (Å²) in [4.78, 5) is 10.3. The molecule has 0 amide bonds. The number of carbonyl (C=O) groups is 1. The molecule has 18 heavy (non-hydrogen) atoms. The van der Waals surface area contributed by atoms with Gasteiger partial charge in [0.25, 0.3) is 0 Å². The van der Waals surface area contributed by atoms with Crippen LogP contribution in [0.1, 0.15) is 53.4 Å². The van der Waals surface area contributed by atoms with Crippen LogP contribution in [0.4, 0.5) is 0 Å². The van der Waals surface area contributed by atoms with E-state index in [4.69, 9.17) is 14.9 Å². The van der Waals surface area contributed by atoms with Gasteiger partial charge >= 0.3 is 0 Å². The molecule has 4 heteroatoms. The molecule has 0 unspecified atom stereocenters. The molecule has 0 saturated heterocycles. The Morgan fingerprint density at radius 1 is 0.944 bits per heavy atom. The molecular formula is C14H27NO3. The van der Waals surface area contributed by atoms with Crippen molar-refractivity contribution in [1.82, 2.24) is 0 Å². The maximum atomic E-state index is 10.3. The number of hydrogen-bond donors (Lipinski definition) is 1. The zero-order valence-electron chi connectivity index (χ0n) is 12.1. The summed E-state index contributed by atoms with van der Waals surface area (Å²) in [6.07, 6.45) is 5.01. The van der Waals surface area contributed by atoms with Crippen molar-refractivity contribution in [3.63, 3.8) is 0 Å². The zero-order valence-corrected chi connectivity index (χ0v) is 12.1. The van der Waals surface area contributed by atoms with Crippen LogP contribution in [0.3, 0.4) is 0 Å². The Kier molecular flexibility index (Phi) is 8.03. The number of nitrogens with one attached hydrogen (secondary N) is 1. The van der Waals surface area contributed by atoms with Crippen LogP contribution in [-0.4, -0.2) is 36.9 Å². The van der Waals surface area contributed by atoms with E-state index < -0.39 is 0 Å². The molecule has 0 atom stereocenters. The summed E-state index contributed by atoms with van der Waals surface area (Å²) >= 11 is 0. The zero-order chi connectivity index (χ0) is 14.1. The highest BCUT2D eigenvalue weighted by molar-refractivity contribution is 5.52. The first-order chi connectivity index (χ1) is 8.33. The molecular weight excluding hydrogens is 230 g/mol. The molecule has 1 N–H and O–H groups in total. The minimum absolute atomic E-state index is 0.232. The minimum atomic E-state index is -0.258. The third-order valence-corrected chi connectivity index (χ3v) is 2.82. The fourth-order valence-corrected chi connectivity index (χ4v) is 1.52. The second-order valence-electron chi connectivity index (χ2n) is 5.66. The van der Waals surface area contributed by atoms with Gasteiger partial charge in [-0.3, -0.25) is 0 Å². The second kappa shape index (κ2) is 8.38. The molecule has 0 spiro atoms. The Labute approximate surface area is 111 Å². The van der Waals surface area contributed by atoms with E-state index in [2.05, 4.69) is 0 Å². The largest absolute Gasteiger partial charge is 0.375 e. The summed E-state index contributed by atoms with van der Waals surface area (Å²) in [6, 6.07) is 0. The van der Waals surface area contributed by atoms with Crippen LogP contribution < -0.4 is 0 Å². The summed E-state index contributed by atoms with van der Waals surface area (Å²) in [5.74, 6) is 0. The van der Waals surface area contributed by atoms with E-state index in [1.54, 1.807) is 0 Å². The Bertz CT molecular complexity index is 249. The first-order valence-electron chi connectivity index (χ1n) is 6.53. The number of hydrogen-bond acceptors (Lipinski definition) is 4. The molecule has 0 aliphatic rings. The summed E-state index contributed by atoms with van der Waals surface area (Å²) in [7, 11) is 0. The summed E-state index contributed by atoms with van der Waals surface area (Å²) in [5, 5.41) is 6.94. The van der Waals surface area contributed by atoms with Crippen molar-refractivity contribution < 1.29 is 14.3 Å². The van der Waals surface area contributed by atoms with Gasteiger partial charge in [0.2, 0.25) is 0 Å². The van der Waals surface area contributed by atoms with Crippen molar-refractivity contribution >= 4 is 12.5 Å². The average Bonchev–Trinajstić information content (AvgIpc) is 2.26. The maximum Gasteiger partial charge on any atom is 0.120 e. The van der Waals surface area contributed by atoms with Crippen LogP contribution in [0.5, 0.6) is 0 Å². The number of ether oxygens (including phenoxy) is 2. The topological polar surface area (TPSA) is 59.4 Å². The first kappa shape index (κ1) is 17.3. The molecule has 4 nitrogen and oxygen atoms in total. The van der Waals surface area contributed by atoms with Crippen LogP contribution in [0, 0.1) is 5.41 Å². The van der Waals surface area contributed by atoms with E-state index in [9.17, 15) is 4.79 Å². The molecule has 0 rings (SSSR count). The van der Waals surface area contributed by atoms with Crippen LogP contribution in [-0.2, 0) is 14.3 Å². The lowest BCUT2D eigenvalue weighted by molar-refractivity contribution is -0.110. The fourth-order valence-electron chi connectivity index (χ4n) is 1.52. The standard InChI is InChI=1S/C14H27NO3/c1-13(2,7-5-10-16)18-12-8-14(3,4)17-11-6-9-15/h9-10,15H,5-8,11-12H2,1-4H3. The lowest BCUT2D eigenvalue weighted by Gasteiger charge is -2.29. The van der Waals surface area contributed by atoms with Gasteiger partial charge in [-0.05, 0) is 46.8 Å². The van der Waals surface area contributed by atoms with Gasteiger partial charge in [0.05, 0.1) is 24.4 Å². The fraction of sp³-hybridized carbons (Fsp3) is 0.857. The van der Waals surface area contributed by atoms with E-state index >= 15 is 0 Å². The van der Waals surface area contributed by atoms with Crippen LogP contribution in [0.2, 0.25) is 0 Å². The summed E-state index contributed by atoms with van der Waals surface area (Å²) in [5.41, 5.74) is -0.490. The van der Waals surface area contributed by atoms with Gasteiger partial charge < -0.3 is 19.7 Å². The van der Waals surface area contributed by atoms with E-state index in [1.165, 1.54) is 6.21 Å². The SMILES string of the molecule is CC(C)(CCC=O)OCCC(C)(C)OCCC=N. The average molecular weight is 257 g/mol. The van der Waals surface area contributed by atoms with E-state index in [0.717, 1.165) is 19.1 Å². The predicted molar refractivity (Wildman–Crippen MR) is 73.4 cm³/mol. The summed E-state index contributed by atoms with van der Waals surface area (Å²) < 4.78 is 11.5. The second-order valence-corrected chi connectivity index (χ2v) is 5.66. The smallest absolute Gasteiger partial charge is 0.120 e. The van der Waals surface area contributed by atoms with E-state index in [1.807, 2.05) is 27.7 Å². The van der Waals surface area contributed by atoms with Gasteiger partial charge in [-0.2, -0.15) is 0 Å². The highest BCUT2D eigenvalue weighted by Crippen LogP contribution is 2.20. The Morgan fingerprint density at radius 3 is 2.06 bits per heavy atom. The third kappa shape index (κ3) is 9.31. The lowest BCUT2D eigenvalue weighted by atomic mass is 10.0. The molecule has 0 aromatic heterocycles. The molecule has 0 bridgehead atoms. The Balaban J connectivity index is 3.86. The highest BCUT2D eigenvalue weighted by atomic mass is 16.5. The van der Waals surface area contributed by atoms with Crippen molar-refractivity contribution in [1.29, 1.82) is 5.41 Å². The number of aldehydes is 1. The number of rotatable bonds is 11. The van der Waals surface area contributed by atoms with Crippen LogP contribution in [0.25, 0.3) is 0 Å². The van der Waals surface area contributed by atoms with Gasteiger partial charge in [0, 0.05) is 12.8 Å². The monoisotopic (exact) mass is 257 g/mol. The first-order valence-corrected chi connectivity index (χ1v) is 6.53. The van der Waals surface area contributed by atoms with Crippen molar-refractivity contribution in [3.05, 3.63) is 0 Å².